The van der Waals surface area contributed by atoms with Gasteiger partial charge in [0, 0.05) is 29.3 Å². The largest absolute Gasteiger partial charge is 0.497 e. The molecule has 2 aliphatic rings. The second kappa shape index (κ2) is 10.1. The smallest absolute Gasteiger partial charge is 0.161 e. The summed E-state index contributed by atoms with van der Waals surface area (Å²) in [7, 11) is 1.64. The Morgan fingerprint density at radius 3 is 2.28 bits per heavy atom. The van der Waals surface area contributed by atoms with Gasteiger partial charge in [-0.05, 0) is 53.3 Å². The fourth-order valence-corrected chi connectivity index (χ4v) is 5.19. The quantitative estimate of drug-likeness (QED) is 0.471. The minimum Gasteiger partial charge on any atom is -0.497 e. The van der Waals surface area contributed by atoms with E-state index < -0.39 is 5.92 Å². The van der Waals surface area contributed by atoms with Crippen LogP contribution in [0.15, 0.2) is 102 Å². The Morgan fingerprint density at radius 1 is 0.944 bits per heavy atom. The number of nitrogens with one attached hydrogen (secondary N) is 1. The molecule has 0 bridgehead atoms. The molecule has 5 heteroatoms. The molecule has 0 saturated carbocycles. The maximum Gasteiger partial charge on any atom is 0.161 e. The van der Waals surface area contributed by atoms with E-state index in [1.165, 1.54) is 0 Å². The first-order valence-electron chi connectivity index (χ1n) is 12.1. The number of hydrogen-bond acceptors (Lipinski definition) is 5. The minimum absolute atomic E-state index is 0.0653. The van der Waals surface area contributed by atoms with Gasteiger partial charge in [0.15, 0.2) is 5.78 Å². The number of carbonyl (C=O) groups is 1. The van der Waals surface area contributed by atoms with Crippen LogP contribution in [0.4, 0.5) is 0 Å². The minimum atomic E-state index is -0.527. The van der Waals surface area contributed by atoms with Gasteiger partial charge in [0.25, 0.3) is 0 Å². The molecule has 0 fully saturated rings. The Kier molecular flexibility index (Phi) is 6.60. The number of carbonyl (C=O) groups excluding carboxylic acids is 1. The molecule has 180 valence electrons. The van der Waals surface area contributed by atoms with Gasteiger partial charge in [0.2, 0.25) is 0 Å². The molecule has 1 N–H and O–H groups in total. The number of methoxy groups -OCH3 is 1. The molecular formula is C31H28N2O3. The summed E-state index contributed by atoms with van der Waals surface area (Å²) >= 11 is 0. The Balaban J connectivity index is 1.41. The molecule has 1 aliphatic carbocycles. The lowest BCUT2D eigenvalue weighted by atomic mass is 9.69. The summed E-state index contributed by atoms with van der Waals surface area (Å²) in [6.45, 7) is 4.62. The van der Waals surface area contributed by atoms with Crippen LogP contribution < -0.4 is 14.8 Å². The van der Waals surface area contributed by atoms with Crippen LogP contribution in [0.25, 0.3) is 0 Å². The van der Waals surface area contributed by atoms with Crippen LogP contribution >= 0.6 is 0 Å². The maximum atomic E-state index is 13.5. The van der Waals surface area contributed by atoms with Gasteiger partial charge >= 0.3 is 0 Å². The van der Waals surface area contributed by atoms with E-state index in [0.717, 1.165) is 33.9 Å². The molecule has 0 radical (unpaired) electrons. The number of ether oxygens (including phenoxy) is 2. The predicted molar refractivity (Wildman–Crippen MR) is 138 cm³/mol. The van der Waals surface area contributed by atoms with E-state index in [1.54, 1.807) is 7.11 Å². The lowest BCUT2D eigenvalue weighted by Gasteiger charge is -2.38. The van der Waals surface area contributed by atoms with E-state index in [9.17, 15) is 10.1 Å². The zero-order chi connectivity index (χ0) is 25.1. The first-order chi connectivity index (χ1) is 17.6. The van der Waals surface area contributed by atoms with E-state index in [4.69, 9.17) is 9.47 Å². The van der Waals surface area contributed by atoms with E-state index in [0.29, 0.717) is 30.7 Å². The van der Waals surface area contributed by atoms with Gasteiger partial charge < -0.3 is 14.8 Å². The highest BCUT2D eigenvalue weighted by molar-refractivity contribution is 5.99. The fourth-order valence-electron chi connectivity index (χ4n) is 5.19. The third kappa shape index (κ3) is 4.63. The van der Waals surface area contributed by atoms with Crippen LogP contribution in [0.3, 0.4) is 0 Å². The maximum absolute atomic E-state index is 13.5. The number of ketones is 1. The van der Waals surface area contributed by atoms with Crippen LogP contribution in [0.2, 0.25) is 0 Å². The molecule has 3 atom stereocenters. The normalized spacial score (nSPS) is 21.3. The molecule has 0 aromatic heterocycles. The van der Waals surface area contributed by atoms with Gasteiger partial charge in [0.05, 0.1) is 19.1 Å². The van der Waals surface area contributed by atoms with Gasteiger partial charge in [-0.1, -0.05) is 61.2 Å². The molecule has 3 aromatic rings. The molecule has 5 rings (SSSR count). The second-order valence-corrected chi connectivity index (χ2v) is 9.27. The highest BCUT2D eigenvalue weighted by atomic mass is 16.5. The van der Waals surface area contributed by atoms with Crippen LogP contribution in [0.1, 0.15) is 41.4 Å². The molecule has 3 unspecified atom stereocenters. The Bertz CT molecular complexity index is 1340. The molecular weight excluding hydrogens is 448 g/mol. The fraction of sp³-hybridized carbons (Fsp3) is 0.226. The summed E-state index contributed by atoms with van der Waals surface area (Å²) in [5, 5.41) is 13.3. The molecule has 3 aromatic carbocycles. The summed E-state index contributed by atoms with van der Waals surface area (Å²) in [6, 6.07) is 28.0. The van der Waals surface area contributed by atoms with Gasteiger partial charge in [-0.2, -0.15) is 5.26 Å². The third-order valence-corrected chi connectivity index (χ3v) is 7.05. The Morgan fingerprint density at radius 2 is 1.61 bits per heavy atom. The summed E-state index contributed by atoms with van der Waals surface area (Å²) in [4.78, 5) is 13.5. The van der Waals surface area contributed by atoms with Gasteiger partial charge in [-0.15, -0.1) is 0 Å². The van der Waals surface area contributed by atoms with Gasteiger partial charge in [-0.25, -0.2) is 0 Å². The first-order valence-corrected chi connectivity index (χ1v) is 12.1. The lowest BCUT2D eigenvalue weighted by molar-refractivity contribution is -0.116. The van der Waals surface area contributed by atoms with Crippen molar-refractivity contribution in [1.29, 1.82) is 5.26 Å². The summed E-state index contributed by atoms with van der Waals surface area (Å²) in [6.07, 6.45) is 1.10. The monoisotopic (exact) mass is 476 g/mol. The van der Waals surface area contributed by atoms with Crippen molar-refractivity contribution in [2.75, 3.05) is 7.11 Å². The van der Waals surface area contributed by atoms with E-state index >= 15 is 0 Å². The van der Waals surface area contributed by atoms with Crippen LogP contribution in [0, 0.1) is 17.2 Å². The first kappa shape index (κ1) is 23.4. The molecule has 5 nitrogen and oxygen atoms in total. The molecule has 1 heterocycles. The van der Waals surface area contributed by atoms with E-state index in [2.05, 4.69) is 18.0 Å². The number of benzene rings is 3. The van der Waals surface area contributed by atoms with Crippen molar-refractivity contribution >= 4 is 5.78 Å². The van der Waals surface area contributed by atoms with Crippen molar-refractivity contribution in [3.8, 4) is 17.6 Å². The van der Waals surface area contributed by atoms with Crippen LogP contribution in [-0.2, 0) is 11.4 Å². The van der Waals surface area contributed by atoms with Crippen LogP contribution in [0.5, 0.6) is 11.5 Å². The summed E-state index contributed by atoms with van der Waals surface area (Å²) in [5.41, 5.74) is 5.32. The highest BCUT2D eigenvalue weighted by Gasteiger charge is 2.42. The van der Waals surface area contributed by atoms with Crippen molar-refractivity contribution in [3.63, 3.8) is 0 Å². The Labute approximate surface area is 211 Å². The molecule has 36 heavy (non-hydrogen) atoms. The van der Waals surface area contributed by atoms with Crippen molar-refractivity contribution < 1.29 is 14.3 Å². The number of rotatable bonds is 6. The number of nitriles is 1. The number of hydrogen-bond donors (Lipinski definition) is 1. The van der Waals surface area contributed by atoms with Crippen molar-refractivity contribution in [3.05, 3.63) is 119 Å². The van der Waals surface area contributed by atoms with Crippen molar-refractivity contribution in [2.24, 2.45) is 5.92 Å². The Hall–Kier alpha value is -4.30. The zero-order valence-corrected chi connectivity index (χ0v) is 20.2. The van der Waals surface area contributed by atoms with Gasteiger partial charge in [0.1, 0.15) is 18.1 Å². The third-order valence-electron chi connectivity index (χ3n) is 7.05. The second-order valence-electron chi connectivity index (χ2n) is 9.27. The average Bonchev–Trinajstić information content (AvgIpc) is 2.92. The molecule has 0 amide bonds. The predicted octanol–water partition coefficient (Wildman–Crippen LogP) is 6.02. The highest BCUT2D eigenvalue weighted by Crippen LogP contribution is 2.46. The molecule has 0 spiro atoms. The molecule has 1 aliphatic heterocycles. The topological polar surface area (TPSA) is 71.3 Å². The SMILES string of the molecule is C=C1NC2=C(C(=O)CC(c3ccc(OC)cc3)C2)C(c2ccc(OCc3ccccc3)cc2)C1C#N. The lowest BCUT2D eigenvalue weighted by Crippen LogP contribution is -2.38. The van der Waals surface area contributed by atoms with E-state index in [1.807, 2.05) is 78.9 Å². The number of Topliss-reactive ketones (excluding diaryl/α,β-unsaturated/α-hetero) is 1. The number of allylic oxidation sites excluding steroid dienone is 3. The summed E-state index contributed by atoms with van der Waals surface area (Å²) < 4.78 is 11.2. The van der Waals surface area contributed by atoms with E-state index in [-0.39, 0.29) is 17.6 Å². The zero-order valence-electron chi connectivity index (χ0n) is 20.2. The van der Waals surface area contributed by atoms with Crippen LogP contribution in [-0.4, -0.2) is 12.9 Å². The van der Waals surface area contributed by atoms with Crippen molar-refractivity contribution in [1.82, 2.24) is 5.32 Å². The van der Waals surface area contributed by atoms with Gasteiger partial charge in [-0.3, -0.25) is 4.79 Å². The summed E-state index contributed by atoms with van der Waals surface area (Å²) in [5.74, 6) is 0.792. The number of nitrogens with zero attached hydrogens (tertiary/aromatic N) is 1. The van der Waals surface area contributed by atoms with Crippen molar-refractivity contribution in [2.45, 2.75) is 31.3 Å². The standard InChI is InChI=1S/C31H28N2O3/c1-20-27(18-32)30(23-10-14-26(15-11-23)36-19-21-6-4-3-5-7-21)31-28(33-20)16-24(17-29(31)34)22-8-12-25(35-2)13-9-22/h3-15,24,27,30,33H,1,16-17,19H2,2H3. The average molecular weight is 477 g/mol. The molecule has 0 saturated heterocycles.